The second-order valence-electron chi connectivity index (χ2n) is 14.9. The largest absolute Gasteiger partial charge is 0.379 e. The van der Waals surface area contributed by atoms with Gasteiger partial charge in [-0.3, -0.25) is 24.0 Å². The number of rotatable bonds is 26. The first-order valence-corrected chi connectivity index (χ1v) is 19.2. The van der Waals surface area contributed by atoms with Crippen molar-refractivity contribution in [1.82, 2.24) is 20.9 Å². The van der Waals surface area contributed by atoms with E-state index in [0.29, 0.717) is 26.0 Å². The number of amides is 5. The first-order chi connectivity index (χ1) is 24.2. The van der Waals surface area contributed by atoms with Crippen molar-refractivity contribution in [2.24, 2.45) is 40.9 Å². The Morgan fingerprint density at radius 2 is 1.51 bits per heavy atom. The number of nitrogens with one attached hydrogen (secondary N) is 3. The number of primary amides is 1. The number of likely N-dealkylation sites (N-methyl/N-ethyl adjacent to an activating group) is 1. The standard InChI is InChI=1S/C37H71N7O7/c1-8-9-10-14-17-31(51-23-26(5)41-34(46)25(4)22-50-19-18-38)27(6)37(49)44(7)30(20-24(2)3)35(47)43-32(28-15-12-11-13-16-28)36(48)42-29(21-39)33(40)45/h24-32H,8-23,38-39H2,1-7H3,(H2,40,45)(H,41,46)(H,42,48)(H,43,47)/t25-,26+,27+,29-,30-,31+,32-/m0/s1. The zero-order valence-electron chi connectivity index (χ0n) is 32.5. The molecule has 0 unspecified atom stereocenters. The lowest BCUT2D eigenvalue weighted by atomic mass is 9.83. The average Bonchev–Trinajstić information content (AvgIpc) is 3.10. The van der Waals surface area contributed by atoms with Gasteiger partial charge in [-0.05, 0) is 44.4 Å². The summed E-state index contributed by atoms with van der Waals surface area (Å²) in [6.45, 7) is 12.7. The molecule has 1 saturated carbocycles. The van der Waals surface area contributed by atoms with Gasteiger partial charge < -0.3 is 47.5 Å². The minimum absolute atomic E-state index is 0.0680. The zero-order valence-corrected chi connectivity index (χ0v) is 32.5. The third-order valence-electron chi connectivity index (χ3n) is 9.73. The zero-order chi connectivity index (χ0) is 38.5. The number of unbranched alkanes of at least 4 members (excludes halogenated alkanes) is 3. The van der Waals surface area contributed by atoms with Crippen LogP contribution >= 0.6 is 0 Å². The normalized spacial score (nSPS) is 17.8. The molecular formula is C37H71N7O7. The molecule has 0 radical (unpaired) electrons. The van der Waals surface area contributed by atoms with E-state index >= 15 is 0 Å². The van der Waals surface area contributed by atoms with Crippen LogP contribution in [0.5, 0.6) is 0 Å². The lowest BCUT2D eigenvalue weighted by Crippen LogP contribution is -2.60. The van der Waals surface area contributed by atoms with Crippen molar-refractivity contribution >= 4 is 29.5 Å². The summed E-state index contributed by atoms with van der Waals surface area (Å²) in [5.74, 6) is -3.06. The Kier molecular flexibility index (Phi) is 22.8. The summed E-state index contributed by atoms with van der Waals surface area (Å²) in [7, 11) is 1.63. The van der Waals surface area contributed by atoms with Crippen LogP contribution in [0.4, 0.5) is 0 Å². The van der Waals surface area contributed by atoms with Crippen molar-refractivity contribution in [3.05, 3.63) is 0 Å². The van der Waals surface area contributed by atoms with Crippen molar-refractivity contribution in [2.45, 2.75) is 142 Å². The molecule has 1 aliphatic rings. The maximum absolute atomic E-state index is 14.1. The summed E-state index contributed by atoms with van der Waals surface area (Å²) >= 11 is 0. The van der Waals surface area contributed by atoms with Gasteiger partial charge in [-0.1, -0.05) is 79.6 Å². The average molecular weight is 726 g/mol. The van der Waals surface area contributed by atoms with Gasteiger partial charge in [0, 0.05) is 26.2 Å². The smallest absolute Gasteiger partial charge is 0.243 e. The van der Waals surface area contributed by atoms with E-state index < -0.39 is 47.9 Å². The molecule has 9 N–H and O–H groups in total. The molecule has 14 heteroatoms. The van der Waals surface area contributed by atoms with E-state index in [9.17, 15) is 24.0 Å². The Morgan fingerprint density at radius 1 is 0.843 bits per heavy atom. The van der Waals surface area contributed by atoms with Gasteiger partial charge in [-0.15, -0.1) is 0 Å². The van der Waals surface area contributed by atoms with Crippen molar-refractivity contribution < 1.29 is 33.4 Å². The molecule has 0 aromatic rings. The Bertz CT molecular complexity index is 1060. The molecule has 0 aromatic carbocycles. The highest BCUT2D eigenvalue weighted by Gasteiger charge is 2.38. The van der Waals surface area contributed by atoms with Gasteiger partial charge >= 0.3 is 0 Å². The Hall–Kier alpha value is -2.81. The fraction of sp³-hybridized carbons (Fsp3) is 0.865. The number of nitrogens with two attached hydrogens (primary N) is 3. The summed E-state index contributed by atoms with van der Waals surface area (Å²) in [4.78, 5) is 67.8. The van der Waals surface area contributed by atoms with Crippen LogP contribution in [0.25, 0.3) is 0 Å². The molecule has 5 amide bonds. The summed E-state index contributed by atoms with van der Waals surface area (Å²) < 4.78 is 11.8. The van der Waals surface area contributed by atoms with E-state index in [-0.39, 0.29) is 55.4 Å². The number of nitrogens with zero attached hydrogens (tertiary/aromatic N) is 1. The van der Waals surface area contributed by atoms with Crippen LogP contribution in [-0.2, 0) is 33.4 Å². The van der Waals surface area contributed by atoms with E-state index in [2.05, 4.69) is 22.9 Å². The summed E-state index contributed by atoms with van der Waals surface area (Å²) in [6.07, 6.45) is 9.01. The van der Waals surface area contributed by atoms with Gasteiger partial charge in [0.2, 0.25) is 29.5 Å². The molecule has 0 heterocycles. The van der Waals surface area contributed by atoms with Crippen LogP contribution in [0.15, 0.2) is 0 Å². The third-order valence-corrected chi connectivity index (χ3v) is 9.73. The van der Waals surface area contributed by atoms with Crippen LogP contribution in [0.3, 0.4) is 0 Å². The SMILES string of the molecule is CCCCCC[C@@H](OC[C@@H](C)NC(=O)[C@@H](C)COCCN)[C@@H](C)C(=O)N(C)[C@@H](CC(C)C)C(=O)N[C@H](C(=O)N[C@@H](CN)C(N)=O)C1CCCCC1. The molecule has 7 atom stereocenters. The van der Waals surface area contributed by atoms with Crippen LogP contribution in [0.1, 0.15) is 112 Å². The van der Waals surface area contributed by atoms with E-state index in [0.717, 1.165) is 57.8 Å². The van der Waals surface area contributed by atoms with Gasteiger partial charge in [0.05, 0.1) is 37.8 Å². The van der Waals surface area contributed by atoms with Crippen LogP contribution in [-0.4, -0.2) is 105 Å². The molecule has 0 bridgehead atoms. The maximum Gasteiger partial charge on any atom is 0.243 e. The number of carbonyl (C=O) groups excluding carboxylic acids is 5. The molecule has 0 aromatic heterocycles. The van der Waals surface area contributed by atoms with Gasteiger partial charge in [-0.2, -0.15) is 0 Å². The first kappa shape index (κ1) is 46.2. The number of hydrogen-bond donors (Lipinski definition) is 6. The van der Waals surface area contributed by atoms with E-state index in [4.69, 9.17) is 26.7 Å². The van der Waals surface area contributed by atoms with Crippen molar-refractivity contribution in [1.29, 1.82) is 0 Å². The van der Waals surface area contributed by atoms with Gasteiger partial charge in [-0.25, -0.2) is 0 Å². The predicted molar refractivity (Wildman–Crippen MR) is 199 cm³/mol. The summed E-state index contributed by atoms with van der Waals surface area (Å²) in [5, 5.41) is 8.57. The van der Waals surface area contributed by atoms with Gasteiger partial charge in [0.15, 0.2) is 0 Å². The van der Waals surface area contributed by atoms with Crippen molar-refractivity contribution in [2.75, 3.05) is 40.0 Å². The second kappa shape index (κ2) is 25.2. The lowest BCUT2D eigenvalue weighted by molar-refractivity contribution is -0.147. The topological polar surface area (TPSA) is 221 Å². The molecular weight excluding hydrogens is 654 g/mol. The van der Waals surface area contributed by atoms with Crippen molar-refractivity contribution in [3.8, 4) is 0 Å². The van der Waals surface area contributed by atoms with Crippen molar-refractivity contribution in [3.63, 3.8) is 0 Å². The van der Waals surface area contributed by atoms with Crippen LogP contribution in [0, 0.1) is 23.7 Å². The maximum atomic E-state index is 14.1. The highest BCUT2D eigenvalue weighted by molar-refractivity contribution is 5.94. The van der Waals surface area contributed by atoms with Gasteiger partial charge in [0.25, 0.3) is 0 Å². The number of hydrogen-bond acceptors (Lipinski definition) is 9. The molecule has 0 aliphatic heterocycles. The molecule has 0 saturated heterocycles. The van der Waals surface area contributed by atoms with E-state index in [1.54, 1.807) is 14.0 Å². The fourth-order valence-electron chi connectivity index (χ4n) is 6.51. The highest BCUT2D eigenvalue weighted by atomic mass is 16.5. The second-order valence-corrected chi connectivity index (χ2v) is 14.9. The molecule has 1 aliphatic carbocycles. The highest BCUT2D eigenvalue weighted by Crippen LogP contribution is 2.28. The molecule has 1 fully saturated rings. The molecule has 14 nitrogen and oxygen atoms in total. The number of carbonyl (C=O) groups is 5. The quantitative estimate of drug-likeness (QED) is 0.0717. The Labute approximate surface area is 306 Å². The monoisotopic (exact) mass is 726 g/mol. The number of ether oxygens (including phenoxy) is 2. The fourth-order valence-corrected chi connectivity index (χ4v) is 6.51. The van der Waals surface area contributed by atoms with Crippen LogP contribution < -0.4 is 33.2 Å². The van der Waals surface area contributed by atoms with E-state index in [1.165, 1.54) is 4.90 Å². The molecule has 296 valence electrons. The predicted octanol–water partition coefficient (Wildman–Crippen LogP) is 1.96. The summed E-state index contributed by atoms with van der Waals surface area (Å²) in [5.41, 5.74) is 16.6. The van der Waals surface area contributed by atoms with Gasteiger partial charge in [0.1, 0.15) is 18.1 Å². The van der Waals surface area contributed by atoms with E-state index in [1.807, 2.05) is 27.7 Å². The molecule has 1 rings (SSSR count). The molecule has 51 heavy (non-hydrogen) atoms. The molecule has 0 spiro atoms. The summed E-state index contributed by atoms with van der Waals surface area (Å²) in [6, 6.07) is -3.10. The minimum atomic E-state index is -1.05. The Morgan fingerprint density at radius 3 is 2.08 bits per heavy atom. The third kappa shape index (κ3) is 17.0. The van der Waals surface area contributed by atoms with Crippen LogP contribution in [0.2, 0.25) is 0 Å². The first-order valence-electron chi connectivity index (χ1n) is 19.2. The lowest BCUT2D eigenvalue weighted by Gasteiger charge is -2.36. The Balaban J connectivity index is 3.16. The minimum Gasteiger partial charge on any atom is -0.379 e.